The van der Waals surface area contributed by atoms with Gasteiger partial charge >= 0.3 is 0 Å². The summed E-state index contributed by atoms with van der Waals surface area (Å²) < 4.78 is 7.35. The second-order valence-electron chi connectivity index (χ2n) is 6.61. The van der Waals surface area contributed by atoms with Crippen LogP contribution < -0.4 is 5.32 Å². The zero-order valence-electron chi connectivity index (χ0n) is 14.2. The van der Waals surface area contributed by atoms with Gasteiger partial charge in [0.2, 0.25) is 0 Å². The number of aryl methyl sites for hydroxylation is 2. The average Bonchev–Trinajstić information content (AvgIpc) is 3.20. The van der Waals surface area contributed by atoms with E-state index in [1.165, 1.54) is 16.7 Å². The summed E-state index contributed by atoms with van der Waals surface area (Å²) in [6.45, 7) is 9.84. The van der Waals surface area contributed by atoms with E-state index in [0.717, 1.165) is 38.4 Å². The van der Waals surface area contributed by atoms with E-state index in [2.05, 4.69) is 54.6 Å². The summed E-state index contributed by atoms with van der Waals surface area (Å²) in [5, 5.41) is 12.0. The van der Waals surface area contributed by atoms with Crippen molar-refractivity contribution in [2.24, 2.45) is 5.92 Å². The van der Waals surface area contributed by atoms with E-state index in [1.807, 2.05) is 10.9 Å². The fourth-order valence-corrected chi connectivity index (χ4v) is 2.91. The topological polar surface area (TPSA) is 52.0 Å². The van der Waals surface area contributed by atoms with E-state index in [0.29, 0.717) is 12.0 Å². The summed E-state index contributed by atoms with van der Waals surface area (Å²) >= 11 is 0. The van der Waals surface area contributed by atoms with Crippen LogP contribution >= 0.6 is 0 Å². The molecule has 0 amide bonds. The first-order valence-electron chi connectivity index (χ1n) is 8.39. The van der Waals surface area contributed by atoms with Gasteiger partial charge in [-0.3, -0.25) is 4.68 Å². The number of nitrogens with zero attached hydrogens (tertiary/aromatic N) is 3. The van der Waals surface area contributed by atoms with Gasteiger partial charge in [0.25, 0.3) is 0 Å². The molecule has 124 valence electrons. The van der Waals surface area contributed by atoms with Crippen LogP contribution in [0.15, 0.2) is 24.4 Å². The Hall–Kier alpha value is -1.72. The standard InChI is InChI=1S/C18H26N4O/c1-13-4-5-17(8-14(13)2)15(3)19-9-18-11-22(21-20-18)10-16-6-7-23-12-16/h4-5,8,11,15-16,19H,6-7,9-10,12H2,1-3H3. The number of aromatic nitrogens is 3. The maximum atomic E-state index is 5.41. The van der Waals surface area contributed by atoms with Crippen molar-refractivity contribution in [3.05, 3.63) is 46.8 Å². The van der Waals surface area contributed by atoms with E-state index in [4.69, 9.17) is 4.74 Å². The van der Waals surface area contributed by atoms with E-state index in [1.54, 1.807) is 0 Å². The molecule has 0 bridgehead atoms. The summed E-state index contributed by atoms with van der Waals surface area (Å²) in [6.07, 6.45) is 3.16. The third-order valence-corrected chi connectivity index (χ3v) is 4.68. The Morgan fingerprint density at radius 1 is 1.35 bits per heavy atom. The monoisotopic (exact) mass is 314 g/mol. The molecule has 1 aromatic carbocycles. The number of benzene rings is 1. The second kappa shape index (κ2) is 7.23. The number of rotatable bonds is 6. The van der Waals surface area contributed by atoms with Crippen molar-refractivity contribution in [2.75, 3.05) is 13.2 Å². The summed E-state index contributed by atoms with van der Waals surface area (Å²) in [5.41, 5.74) is 4.96. The lowest BCUT2D eigenvalue weighted by molar-refractivity contribution is 0.181. The molecule has 1 saturated heterocycles. The molecule has 0 saturated carbocycles. The number of hydrogen-bond acceptors (Lipinski definition) is 4. The first-order chi connectivity index (χ1) is 11.1. The summed E-state index contributed by atoms with van der Waals surface area (Å²) in [6, 6.07) is 6.92. The van der Waals surface area contributed by atoms with Crippen molar-refractivity contribution in [3.8, 4) is 0 Å². The molecular formula is C18H26N4O. The molecule has 1 fully saturated rings. The van der Waals surface area contributed by atoms with E-state index in [9.17, 15) is 0 Å². The molecule has 2 aromatic rings. The lowest BCUT2D eigenvalue weighted by Crippen LogP contribution is -2.18. The van der Waals surface area contributed by atoms with Crippen LogP contribution in [0.25, 0.3) is 0 Å². The van der Waals surface area contributed by atoms with Gasteiger partial charge in [-0.1, -0.05) is 23.4 Å². The van der Waals surface area contributed by atoms with Crippen molar-refractivity contribution in [1.82, 2.24) is 20.3 Å². The first-order valence-corrected chi connectivity index (χ1v) is 8.39. The quantitative estimate of drug-likeness (QED) is 0.891. The van der Waals surface area contributed by atoms with E-state index in [-0.39, 0.29) is 0 Å². The number of nitrogens with one attached hydrogen (secondary N) is 1. The predicted octanol–water partition coefficient (Wildman–Crippen LogP) is 2.78. The maximum absolute atomic E-state index is 5.41. The molecule has 0 aliphatic carbocycles. The van der Waals surface area contributed by atoms with Crippen LogP contribution in [0.4, 0.5) is 0 Å². The molecule has 23 heavy (non-hydrogen) atoms. The van der Waals surface area contributed by atoms with Gasteiger partial charge in [-0.25, -0.2) is 0 Å². The third kappa shape index (κ3) is 4.18. The highest BCUT2D eigenvalue weighted by Crippen LogP contribution is 2.17. The van der Waals surface area contributed by atoms with Crippen molar-refractivity contribution >= 4 is 0 Å². The third-order valence-electron chi connectivity index (χ3n) is 4.68. The van der Waals surface area contributed by atoms with Gasteiger partial charge in [0.1, 0.15) is 0 Å². The highest BCUT2D eigenvalue weighted by Gasteiger charge is 2.17. The van der Waals surface area contributed by atoms with Crippen LogP contribution in [0.3, 0.4) is 0 Å². The SMILES string of the molecule is Cc1ccc(C(C)NCc2cn(CC3CCOC3)nn2)cc1C. The highest BCUT2D eigenvalue weighted by atomic mass is 16.5. The summed E-state index contributed by atoms with van der Waals surface area (Å²) in [4.78, 5) is 0. The molecule has 2 unspecified atom stereocenters. The molecule has 1 aliphatic heterocycles. The molecule has 2 heterocycles. The molecular weight excluding hydrogens is 288 g/mol. The van der Waals surface area contributed by atoms with Gasteiger partial charge in [-0.05, 0) is 43.9 Å². The van der Waals surface area contributed by atoms with Crippen LogP contribution in [0.2, 0.25) is 0 Å². The molecule has 0 spiro atoms. The first kappa shape index (κ1) is 16.1. The predicted molar refractivity (Wildman–Crippen MR) is 90.1 cm³/mol. The van der Waals surface area contributed by atoms with Gasteiger partial charge in [-0.15, -0.1) is 5.10 Å². The van der Waals surface area contributed by atoms with Gasteiger partial charge in [0.05, 0.1) is 12.3 Å². The van der Waals surface area contributed by atoms with E-state index < -0.39 is 0 Å². The van der Waals surface area contributed by atoms with Crippen LogP contribution in [-0.4, -0.2) is 28.2 Å². The average molecular weight is 314 g/mol. The zero-order chi connectivity index (χ0) is 16.2. The number of ether oxygens (including phenoxy) is 1. The lowest BCUT2D eigenvalue weighted by atomic mass is 10.0. The van der Waals surface area contributed by atoms with Gasteiger partial charge in [-0.2, -0.15) is 0 Å². The van der Waals surface area contributed by atoms with Crippen molar-refractivity contribution in [1.29, 1.82) is 0 Å². The Bertz CT molecular complexity index is 646. The Morgan fingerprint density at radius 2 is 2.22 bits per heavy atom. The largest absolute Gasteiger partial charge is 0.381 e. The van der Waals surface area contributed by atoms with Crippen LogP contribution in [0.1, 0.15) is 41.8 Å². The summed E-state index contributed by atoms with van der Waals surface area (Å²) in [5.74, 6) is 0.576. The highest BCUT2D eigenvalue weighted by molar-refractivity contribution is 5.31. The molecule has 1 aliphatic rings. The van der Waals surface area contributed by atoms with Crippen molar-refractivity contribution < 1.29 is 4.74 Å². The fraction of sp³-hybridized carbons (Fsp3) is 0.556. The molecule has 5 heteroatoms. The second-order valence-corrected chi connectivity index (χ2v) is 6.61. The van der Waals surface area contributed by atoms with E-state index >= 15 is 0 Å². The smallest absolute Gasteiger partial charge is 0.0965 e. The molecule has 3 rings (SSSR count). The van der Waals surface area contributed by atoms with Crippen molar-refractivity contribution in [2.45, 2.75) is 46.3 Å². The fourth-order valence-electron chi connectivity index (χ4n) is 2.91. The Kier molecular flexibility index (Phi) is 5.08. The minimum absolute atomic E-state index is 0.294. The summed E-state index contributed by atoms with van der Waals surface area (Å²) in [7, 11) is 0. The van der Waals surface area contributed by atoms with Crippen molar-refractivity contribution in [3.63, 3.8) is 0 Å². The van der Waals surface area contributed by atoms with Gasteiger partial charge in [0.15, 0.2) is 0 Å². The minimum Gasteiger partial charge on any atom is -0.381 e. The normalized spacial score (nSPS) is 19.2. The molecule has 5 nitrogen and oxygen atoms in total. The Balaban J connectivity index is 1.53. The van der Waals surface area contributed by atoms with Gasteiger partial charge < -0.3 is 10.1 Å². The Morgan fingerprint density at radius 3 is 2.96 bits per heavy atom. The Labute approximate surface area is 138 Å². The van der Waals surface area contributed by atoms with Crippen LogP contribution in [0, 0.1) is 19.8 Å². The molecule has 1 N–H and O–H groups in total. The van der Waals surface area contributed by atoms with Crippen LogP contribution in [0.5, 0.6) is 0 Å². The van der Waals surface area contributed by atoms with Crippen LogP contribution in [-0.2, 0) is 17.8 Å². The zero-order valence-corrected chi connectivity index (χ0v) is 14.2. The molecule has 1 aromatic heterocycles. The minimum atomic E-state index is 0.294. The number of hydrogen-bond donors (Lipinski definition) is 1. The molecule has 0 radical (unpaired) electrons. The lowest BCUT2D eigenvalue weighted by Gasteiger charge is -2.14. The maximum Gasteiger partial charge on any atom is 0.0965 e. The molecule has 2 atom stereocenters. The van der Waals surface area contributed by atoms with Gasteiger partial charge in [0, 0.05) is 37.9 Å².